The minimum Gasteiger partial charge on any atom is -0.464 e. The van der Waals surface area contributed by atoms with Gasteiger partial charge in [0.25, 0.3) is 5.56 Å². The third kappa shape index (κ3) is 7.85. The highest BCUT2D eigenvalue weighted by atomic mass is 19.1. The first kappa shape index (κ1) is 30.5. The molecular formula is C28H30F2N4O8. The van der Waals surface area contributed by atoms with Gasteiger partial charge in [-0.15, -0.1) is 0 Å². The van der Waals surface area contributed by atoms with Crippen molar-refractivity contribution in [3.05, 3.63) is 92.4 Å². The van der Waals surface area contributed by atoms with Crippen LogP contribution in [0.4, 0.5) is 14.6 Å². The van der Waals surface area contributed by atoms with E-state index in [0.717, 1.165) is 16.7 Å². The number of aryl methyl sites for hydroxylation is 1. The van der Waals surface area contributed by atoms with E-state index in [1.165, 1.54) is 19.2 Å². The van der Waals surface area contributed by atoms with Crippen LogP contribution in [0.25, 0.3) is 0 Å². The number of anilines is 1. The van der Waals surface area contributed by atoms with Crippen molar-refractivity contribution in [1.29, 1.82) is 0 Å². The summed E-state index contributed by atoms with van der Waals surface area (Å²) in [5.41, 5.74) is -0.722. The number of aromatic nitrogens is 3. The van der Waals surface area contributed by atoms with Crippen molar-refractivity contribution < 1.29 is 37.7 Å². The Balaban J connectivity index is 1.26. The number of esters is 2. The molecule has 2 aromatic heterocycles. The Hall–Kier alpha value is -4.43. The predicted octanol–water partition coefficient (Wildman–Crippen LogP) is 1.74. The van der Waals surface area contributed by atoms with E-state index in [9.17, 15) is 33.1 Å². The number of ether oxygens (including phenoxy) is 3. The lowest BCUT2D eigenvalue weighted by molar-refractivity contribution is -0.156. The zero-order valence-electron chi connectivity index (χ0n) is 22.7. The van der Waals surface area contributed by atoms with Gasteiger partial charge in [-0.2, -0.15) is 0 Å². The van der Waals surface area contributed by atoms with Crippen LogP contribution in [0.2, 0.25) is 0 Å². The standard InChI is InChI=1S/C28H30F2N4O8/c1-17-14-34(28(39)32-27(17)38)24-13-21(22(16-35)41-24)42-26(37)8-7-25(36)40-11-10-33(23-4-2-3-9-31-23)15-18-5-6-19(29)12-20(18)30/h2-6,9,12,14,21-22,24,35H,7-8,10-11,13,15-16H2,1H3,(H,32,38,39)/t21-,22+,24+/m0/s1. The summed E-state index contributed by atoms with van der Waals surface area (Å²) in [5.74, 6) is -2.31. The number of aliphatic hydroxyl groups excluding tert-OH is 1. The van der Waals surface area contributed by atoms with E-state index < -0.39 is 59.9 Å². The Morgan fingerprint density at radius 1 is 1.19 bits per heavy atom. The highest BCUT2D eigenvalue weighted by Crippen LogP contribution is 2.30. The van der Waals surface area contributed by atoms with Gasteiger partial charge < -0.3 is 24.2 Å². The van der Waals surface area contributed by atoms with Gasteiger partial charge >= 0.3 is 17.6 Å². The topological polar surface area (TPSA) is 153 Å². The number of hydrogen-bond acceptors (Lipinski definition) is 10. The van der Waals surface area contributed by atoms with Gasteiger partial charge in [-0.25, -0.2) is 18.6 Å². The molecule has 0 aliphatic carbocycles. The highest BCUT2D eigenvalue weighted by molar-refractivity contribution is 5.77. The molecule has 4 rings (SSSR count). The molecule has 3 atom stereocenters. The van der Waals surface area contributed by atoms with Gasteiger partial charge in [-0.05, 0) is 25.1 Å². The number of carbonyl (C=O) groups excluding carboxylic acids is 2. The maximum atomic E-state index is 14.2. The number of nitrogens with one attached hydrogen (secondary N) is 1. The van der Waals surface area contributed by atoms with Crippen molar-refractivity contribution in [1.82, 2.24) is 14.5 Å². The molecular weight excluding hydrogens is 558 g/mol. The summed E-state index contributed by atoms with van der Waals surface area (Å²) in [6.45, 7) is 1.14. The summed E-state index contributed by atoms with van der Waals surface area (Å²) < 4.78 is 45.0. The fourth-order valence-electron chi connectivity index (χ4n) is 4.40. The number of hydrogen-bond donors (Lipinski definition) is 2. The first-order chi connectivity index (χ1) is 20.1. The summed E-state index contributed by atoms with van der Waals surface area (Å²) in [6, 6.07) is 8.43. The maximum absolute atomic E-state index is 14.2. The van der Waals surface area contributed by atoms with Crippen LogP contribution in [-0.2, 0) is 30.3 Å². The smallest absolute Gasteiger partial charge is 0.330 e. The van der Waals surface area contributed by atoms with E-state index in [4.69, 9.17) is 14.2 Å². The molecule has 42 heavy (non-hydrogen) atoms. The molecule has 14 heteroatoms. The monoisotopic (exact) mass is 588 g/mol. The number of benzene rings is 1. The predicted molar refractivity (Wildman–Crippen MR) is 143 cm³/mol. The van der Waals surface area contributed by atoms with E-state index in [-0.39, 0.29) is 50.1 Å². The third-order valence-electron chi connectivity index (χ3n) is 6.61. The highest BCUT2D eigenvalue weighted by Gasteiger charge is 2.39. The maximum Gasteiger partial charge on any atom is 0.330 e. The summed E-state index contributed by atoms with van der Waals surface area (Å²) in [5, 5.41) is 9.66. The summed E-state index contributed by atoms with van der Waals surface area (Å²) in [6.07, 6.45) is -0.334. The number of carbonyl (C=O) groups is 2. The second kappa shape index (κ2) is 14.0. The first-order valence-corrected chi connectivity index (χ1v) is 13.2. The van der Waals surface area contributed by atoms with Crippen molar-refractivity contribution in [2.24, 2.45) is 0 Å². The Bertz CT molecular complexity index is 1510. The number of pyridine rings is 1. The van der Waals surface area contributed by atoms with Crippen molar-refractivity contribution in [3.8, 4) is 0 Å². The third-order valence-corrected chi connectivity index (χ3v) is 6.61. The summed E-state index contributed by atoms with van der Waals surface area (Å²) in [7, 11) is 0. The van der Waals surface area contributed by atoms with Crippen LogP contribution >= 0.6 is 0 Å². The molecule has 224 valence electrons. The van der Waals surface area contributed by atoms with E-state index in [1.54, 1.807) is 29.3 Å². The molecule has 3 aromatic rings. The molecule has 3 heterocycles. The van der Waals surface area contributed by atoms with Crippen molar-refractivity contribution in [2.45, 2.75) is 51.2 Å². The number of aromatic amines is 1. The van der Waals surface area contributed by atoms with Crippen molar-refractivity contribution in [3.63, 3.8) is 0 Å². The SMILES string of the molecule is Cc1cn([C@H]2C[C@H](OC(=O)CCC(=O)OCCN(Cc3ccc(F)cc3F)c3ccccn3)[C@@H](CO)O2)c(=O)[nH]c1=O. The largest absolute Gasteiger partial charge is 0.464 e. The van der Waals surface area contributed by atoms with Crippen LogP contribution in [0, 0.1) is 18.6 Å². The minimum absolute atomic E-state index is 0.0464. The Morgan fingerprint density at radius 3 is 2.69 bits per heavy atom. The van der Waals surface area contributed by atoms with Gasteiger partial charge in [0.1, 0.15) is 42.5 Å². The van der Waals surface area contributed by atoms with Crippen LogP contribution in [0.5, 0.6) is 0 Å². The lowest BCUT2D eigenvalue weighted by Crippen LogP contribution is -2.33. The number of rotatable bonds is 12. The van der Waals surface area contributed by atoms with E-state index in [2.05, 4.69) is 9.97 Å². The molecule has 0 radical (unpaired) electrons. The Morgan fingerprint density at radius 2 is 1.98 bits per heavy atom. The average Bonchev–Trinajstić information content (AvgIpc) is 3.37. The van der Waals surface area contributed by atoms with E-state index in [0.29, 0.717) is 5.82 Å². The van der Waals surface area contributed by atoms with Gasteiger partial charge in [-0.1, -0.05) is 12.1 Å². The second-order valence-corrected chi connectivity index (χ2v) is 9.62. The molecule has 1 aliphatic heterocycles. The van der Waals surface area contributed by atoms with E-state index in [1.807, 2.05) is 0 Å². The molecule has 12 nitrogen and oxygen atoms in total. The summed E-state index contributed by atoms with van der Waals surface area (Å²) >= 11 is 0. The average molecular weight is 589 g/mol. The Kier molecular flexibility index (Phi) is 10.1. The minimum atomic E-state index is -0.909. The summed E-state index contributed by atoms with van der Waals surface area (Å²) in [4.78, 5) is 56.6. The molecule has 1 fully saturated rings. The number of nitrogens with zero attached hydrogens (tertiary/aromatic N) is 3. The van der Waals surface area contributed by atoms with Gasteiger partial charge in [-0.3, -0.25) is 23.9 Å². The van der Waals surface area contributed by atoms with Crippen molar-refractivity contribution >= 4 is 17.8 Å². The van der Waals surface area contributed by atoms with Crippen LogP contribution in [-0.4, -0.2) is 63.5 Å². The van der Waals surface area contributed by atoms with Gasteiger partial charge in [0.05, 0.1) is 26.0 Å². The van der Waals surface area contributed by atoms with E-state index >= 15 is 0 Å². The molecule has 0 saturated carbocycles. The molecule has 0 amide bonds. The lowest BCUT2D eigenvalue weighted by atomic mass is 10.2. The molecule has 1 aliphatic rings. The molecule has 1 aromatic carbocycles. The number of H-pyrrole nitrogens is 1. The fourth-order valence-corrected chi connectivity index (χ4v) is 4.40. The molecule has 0 spiro atoms. The molecule has 0 unspecified atom stereocenters. The normalized spacial score (nSPS) is 18.0. The van der Waals surface area contributed by atoms with Crippen LogP contribution in [0.1, 0.15) is 36.6 Å². The zero-order valence-corrected chi connectivity index (χ0v) is 22.7. The van der Waals surface area contributed by atoms with Gasteiger partial charge in [0.2, 0.25) is 0 Å². The number of aliphatic hydroxyl groups is 1. The van der Waals surface area contributed by atoms with Crippen molar-refractivity contribution in [2.75, 3.05) is 24.7 Å². The zero-order chi connectivity index (χ0) is 30.2. The van der Waals surface area contributed by atoms with Crippen LogP contribution < -0.4 is 16.1 Å². The second-order valence-electron chi connectivity index (χ2n) is 9.62. The van der Waals surface area contributed by atoms with Crippen LogP contribution in [0.15, 0.2) is 58.4 Å². The van der Waals surface area contributed by atoms with Gasteiger partial charge in [0.15, 0.2) is 0 Å². The van der Waals surface area contributed by atoms with Crippen LogP contribution in [0.3, 0.4) is 0 Å². The molecule has 0 bridgehead atoms. The molecule has 2 N–H and O–H groups in total. The quantitative estimate of drug-likeness (QED) is 0.299. The van der Waals surface area contributed by atoms with Gasteiger partial charge in [0, 0.05) is 42.6 Å². The fraction of sp³-hybridized carbons (Fsp3) is 0.393. The lowest BCUT2D eigenvalue weighted by Gasteiger charge is -2.24. The Labute approximate surface area is 238 Å². The molecule has 1 saturated heterocycles. The number of halogens is 2. The first-order valence-electron chi connectivity index (χ1n) is 13.2.